The molecule has 0 unspecified atom stereocenters. The predicted octanol–water partition coefficient (Wildman–Crippen LogP) is 1.06. The number of carboxylic acids is 1. The van der Waals surface area contributed by atoms with Crippen LogP contribution < -0.4 is 10.6 Å². The number of hydrogen-bond acceptors (Lipinski definition) is 3. The molecule has 1 aliphatic rings. The Kier molecular flexibility index (Phi) is 5.43. The minimum absolute atomic E-state index is 0.264. The Morgan fingerprint density at radius 2 is 2.06 bits per heavy atom. The second-order valence-electron chi connectivity index (χ2n) is 4.26. The van der Waals surface area contributed by atoms with Crippen molar-refractivity contribution >= 4 is 23.6 Å². The van der Waals surface area contributed by atoms with Crippen molar-refractivity contribution in [2.45, 2.75) is 25.3 Å². The van der Waals surface area contributed by atoms with Gasteiger partial charge in [-0.1, -0.05) is 11.6 Å². The van der Waals surface area contributed by atoms with Crippen molar-refractivity contribution < 1.29 is 19.4 Å². The van der Waals surface area contributed by atoms with Gasteiger partial charge < -0.3 is 20.5 Å². The molecule has 1 aliphatic heterocycles. The van der Waals surface area contributed by atoms with E-state index in [1.807, 2.05) is 0 Å². The molecule has 2 amide bonds. The van der Waals surface area contributed by atoms with E-state index in [0.717, 1.165) is 5.57 Å². The molecule has 1 saturated heterocycles. The summed E-state index contributed by atoms with van der Waals surface area (Å²) in [5.74, 6) is -1.04. The second-order valence-corrected chi connectivity index (χ2v) is 4.48. The molecule has 18 heavy (non-hydrogen) atoms. The summed E-state index contributed by atoms with van der Waals surface area (Å²) in [6, 6.07) is -0.517. The van der Waals surface area contributed by atoms with Gasteiger partial charge in [-0.15, -0.1) is 0 Å². The predicted molar refractivity (Wildman–Crippen MR) is 66.6 cm³/mol. The molecule has 1 rings (SSSR count). The molecule has 0 spiro atoms. The fourth-order valence-electron chi connectivity index (χ4n) is 1.63. The number of rotatable bonds is 4. The van der Waals surface area contributed by atoms with E-state index < -0.39 is 17.5 Å². The number of hydrogen-bond donors (Lipinski definition) is 3. The fourth-order valence-corrected chi connectivity index (χ4v) is 1.71. The smallest absolute Gasteiger partial charge is 0.329 e. The summed E-state index contributed by atoms with van der Waals surface area (Å²) in [4.78, 5) is 22.9. The van der Waals surface area contributed by atoms with Gasteiger partial charge in [0.1, 0.15) is 5.54 Å². The van der Waals surface area contributed by atoms with Crippen LogP contribution in [0.4, 0.5) is 4.79 Å². The number of nitrogens with one attached hydrogen (secondary N) is 2. The molecule has 0 aromatic heterocycles. The minimum Gasteiger partial charge on any atom is -0.480 e. The first kappa shape index (κ1) is 14.8. The van der Waals surface area contributed by atoms with Crippen LogP contribution in [0.1, 0.15) is 19.8 Å². The monoisotopic (exact) mass is 276 g/mol. The first-order chi connectivity index (χ1) is 8.50. The maximum atomic E-state index is 11.6. The number of aliphatic carboxylic acids is 1. The highest BCUT2D eigenvalue weighted by Crippen LogP contribution is 2.20. The zero-order chi connectivity index (χ0) is 13.6. The molecule has 6 nitrogen and oxygen atoms in total. The lowest BCUT2D eigenvalue weighted by Crippen LogP contribution is -2.59. The van der Waals surface area contributed by atoms with E-state index in [1.54, 1.807) is 6.92 Å². The van der Waals surface area contributed by atoms with Crippen molar-refractivity contribution in [2.24, 2.45) is 0 Å². The van der Waals surface area contributed by atoms with Crippen LogP contribution in [-0.4, -0.2) is 42.4 Å². The quantitative estimate of drug-likeness (QED) is 0.716. The normalized spacial score (nSPS) is 19.1. The Labute approximate surface area is 110 Å². The molecule has 102 valence electrons. The molecular formula is C11H17ClN2O4. The molecule has 0 saturated carbocycles. The Balaban J connectivity index is 2.56. The van der Waals surface area contributed by atoms with E-state index in [0.29, 0.717) is 13.2 Å². The van der Waals surface area contributed by atoms with Crippen LogP contribution in [0.15, 0.2) is 11.1 Å². The van der Waals surface area contributed by atoms with Gasteiger partial charge >= 0.3 is 12.0 Å². The molecule has 0 aromatic carbocycles. The standard InChI is InChI=1S/C11H17ClN2O4/c1-8(6-12)7-13-10(17)14-11(9(15)16)2-4-18-5-3-11/h6H,2-5,7H2,1H3,(H,15,16)(H2,13,14,17). The van der Waals surface area contributed by atoms with Crippen LogP contribution >= 0.6 is 11.6 Å². The van der Waals surface area contributed by atoms with Crippen molar-refractivity contribution in [1.82, 2.24) is 10.6 Å². The van der Waals surface area contributed by atoms with Gasteiger partial charge in [-0.3, -0.25) is 0 Å². The van der Waals surface area contributed by atoms with Gasteiger partial charge in [0.15, 0.2) is 0 Å². The number of halogens is 1. The number of carbonyl (C=O) groups is 2. The van der Waals surface area contributed by atoms with E-state index in [4.69, 9.17) is 16.3 Å². The fraction of sp³-hybridized carbons (Fsp3) is 0.636. The molecular weight excluding hydrogens is 260 g/mol. The SMILES string of the molecule is CC(=CCl)CNC(=O)NC1(C(=O)O)CCOCC1. The summed E-state index contributed by atoms with van der Waals surface area (Å²) in [6.45, 7) is 2.69. The van der Waals surface area contributed by atoms with Crippen molar-refractivity contribution in [3.63, 3.8) is 0 Å². The molecule has 0 radical (unpaired) electrons. The number of amides is 2. The molecule has 3 N–H and O–H groups in total. The number of carbonyl (C=O) groups excluding carboxylic acids is 1. The summed E-state index contributed by atoms with van der Waals surface area (Å²) in [5, 5.41) is 14.3. The van der Waals surface area contributed by atoms with Gasteiger partial charge in [0.25, 0.3) is 0 Å². The Hall–Kier alpha value is -1.27. The zero-order valence-corrected chi connectivity index (χ0v) is 10.9. The van der Waals surface area contributed by atoms with Gasteiger partial charge in [-0.05, 0) is 12.5 Å². The summed E-state index contributed by atoms with van der Waals surface area (Å²) in [7, 11) is 0. The summed E-state index contributed by atoms with van der Waals surface area (Å²) in [5.41, 5.74) is 0.908. The van der Waals surface area contributed by atoms with Crippen LogP contribution in [0, 0.1) is 0 Å². The van der Waals surface area contributed by atoms with Crippen LogP contribution in [0.3, 0.4) is 0 Å². The molecule has 7 heteroatoms. The van der Waals surface area contributed by atoms with E-state index >= 15 is 0 Å². The maximum Gasteiger partial charge on any atom is 0.329 e. The van der Waals surface area contributed by atoms with E-state index in [-0.39, 0.29) is 19.4 Å². The Morgan fingerprint density at radius 3 is 2.56 bits per heavy atom. The highest BCUT2D eigenvalue weighted by Gasteiger charge is 2.41. The summed E-state index contributed by atoms with van der Waals surface area (Å²) >= 11 is 5.46. The lowest BCUT2D eigenvalue weighted by Gasteiger charge is -2.33. The van der Waals surface area contributed by atoms with Crippen LogP contribution in [0.25, 0.3) is 0 Å². The third-order valence-corrected chi connectivity index (χ3v) is 3.20. The lowest BCUT2D eigenvalue weighted by atomic mass is 9.90. The van der Waals surface area contributed by atoms with Crippen LogP contribution in [-0.2, 0) is 9.53 Å². The highest BCUT2D eigenvalue weighted by molar-refractivity contribution is 6.25. The molecule has 1 heterocycles. The van der Waals surface area contributed by atoms with Crippen molar-refractivity contribution in [2.75, 3.05) is 19.8 Å². The van der Waals surface area contributed by atoms with Gasteiger partial charge in [0.2, 0.25) is 0 Å². The lowest BCUT2D eigenvalue weighted by molar-refractivity contribution is -0.148. The average Bonchev–Trinajstić information content (AvgIpc) is 2.36. The van der Waals surface area contributed by atoms with Gasteiger partial charge in [0, 0.05) is 38.1 Å². The summed E-state index contributed by atoms with van der Waals surface area (Å²) < 4.78 is 5.11. The average molecular weight is 277 g/mol. The van der Waals surface area contributed by atoms with Gasteiger partial charge in [-0.2, -0.15) is 0 Å². The third-order valence-electron chi connectivity index (χ3n) is 2.82. The number of ether oxygens (including phenoxy) is 1. The maximum absolute atomic E-state index is 11.6. The van der Waals surface area contributed by atoms with Crippen molar-refractivity contribution in [3.05, 3.63) is 11.1 Å². The van der Waals surface area contributed by atoms with E-state index in [9.17, 15) is 14.7 Å². The molecule has 0 bridgehead atoms. The molecule has 0 aromatic rings. The Morgan fingerprint density at radius 1 is 1.44 bits per heavy atom. The number of urea groups is 1. The molecule has 1 fully saturated rings. The largest absolute Gasteiger partial charge is 0.480 e. The third kappa shape index (κ3) is 3.89. The molecule has 0 aliphatic carbocycles. The van der Waals surface area contributed by atoms with Gasteiger partial charge in [0.05, 0.1) is 0 Å². The van der Waals surface area contributed by atoms with Crippen LogP contribution in [0.5, 0.6) is 0 Å². The van der Waals surface area contributed by atoms with E-state index in [1.165, 1.54) is 5.54 Å². The first-order valence-corrected chi connectivity index (χ1v) is 6.07. The second kappa shape index (κ2) is 6.61. The minimum atomic E-state index is -1.24. The topological polar surface area (TPSA) is 87.7 Å². The summed E-state index contributed by atoms with van der Waals surface area (Å²) in [6.07, 6.45) is 0.528. The first-order valence-electron chi connectivity index (χ1n) is 5.63. The van der Waals surface area contributed by atoms with Crippen molar-refractivity contribution in [3.8, 4) is 0 Å². The van der Waals surface area contributed by atoms with Crippen LogP contribution in [0.2, 0.25) is 0 Å². The Bertz CT molecular complexity index is 351. The highest BCUT2D eigenvalue weighted by atomic mass is 35.5. The van der Waals surface area contributed by atoms with Gasteiger partial charge in [-0.25, -0.2) is 9.59 Å². The zero-order valence-electron chi connectivity index (χ0n) is 10.2. The molecule has 0 atom stereocenters. The number of carboxylic acid groups (broad SMARTS) is 1. The van der Waals surface area contributed by atoms with E-state index in [2.05, 4.69) is 10.6 Å². The van der Waals surface area contributed by atoms with Crippen molar-refractivity contribution in [1.29, 1.82) is 0 Å².